The van der Waals surface area contributed by atoms with Crippen molar-refractivity contribution in [3.8, 4) is 0 Å². The fourth-order valence-electron chi connectivity index (χ4n) is 2.46. The first kappa shape index (κ1) is 13.9. The van der Waals surface area contributed by atoms with Gasteiger partial charge in [0.15, 0.2) is 5.78 Å². The molecule has 1 aliphatic carbocycles. The molecule has 4 heteroatoms. The van der Waals surface area contributed by atoms with Crippen LogP contribution in [0.15, 0.2) is 42.5 Å². The molecule has 0 N–H and O–H groups in total. The zero-order chi connectivity index (χ0) is 14.3. The van der Waals surface area contributed by atoms with Crippen molar-refractivity contribution in [2.45, 2.75) is 12.3 Å². The van der Waals surface area contributed by atoms with Crippen LogP contribution in [0.2, 0.25) is 15.1 Å². The van der Waals surface area contributed by atoms with Crippen molar-refractivity contribution in [1.82, 2.24) is 0 Å². The third-order valence-electron chi connectivity index (χ3n) is 3.62. The van der Waals surface area contributed by atoms with Crippen LogP contribution in [0.5, 0.6) is 0 Å². The minimum Gasteiger partial charge on any atom is -0.294 e. The average Bonchev–Trinajstić information content (AvgIpc) is 3.19. The Kier molecular flexibility index (Phi) is 3.76. The molecule has 20 heavy (non-hydrogen) atoms. The second-order valence-corrected chi connectivity index (χ2v) is 6.27. The molecular formula is C16H11Cl3O. The largest absolute Gasteiger partial charge is 0.294 e. The molecule has 0 spiro atoms. The summed E-state index contributed by atoms with van der Waals surface area (Å²) in [4.78, 5) is 12.4. The van der Waals surface area contributed by atoms with E-state index in [-0.39, 0.29) is 17.6 Å². The number of hydrogen-bond acceptors (Lipinski definition) is 1. The Balaban J connectivity index is 1.78. The molecule has 0 heterocycles. The second-order valence-electron chi connectivity index (χ2n) is 4.99. The number of carbonyl (C=O) groups is 1. The minimum atomic E-state index is 0.00912. The molecule has 2 atom stereocenters. The van der Waals surface area contributed by atoms with Gasteiger partial charge in [0.1, 0.15) is 0 Å². The molecule has 0 bridgehead atoms. The lowest BCUT2D eigenvalue weighted by Crippen LogP contribution is -2.03. The van der Waals surface area contributed by atoms with Crippen molar-refractivity contribution in [2.75, 3.05) is 0 Å². The zero-order valence-electron chi connectivity index (χ0n) is 10.4. The van der Waals surface area contributed by atoms with Gasteiger partial charge in [-0.05, 0) is 54.3 Å². The van der Waals surface area contributed by atoms with Gasteiger partial charge in [0, 0.05) is 26.5 Å². The smallest absolute Gasteiger partial charge is 0.166 e. The third kappa shape index (κ3) is 2.71. The van der Waals surface area contributed by atoms with Crippen LogP contribution in [-0.2, 0) is 0 Å². The predicted octanol–water partition coefficient (Wildman–Crippen LogP) is 5.63. The van der Waals surface area contributed by atoms with Gasteiger partial charge >= 0.3 is 0 Å². The van der Waals surface area contributed by atoms with Crippen LogP contribution in [-0.4, -0.2) is 5.78 Å². The van der Waals surface area contributed by atoms with Gasteiger partial charge in [0.05, 0.1) is 0 Å². The molecule has 0 radical (unpaired) electrons. The zero-order valence-corrected chi connectivity index (χ0v) is 12.7. The fraction of sp³-hybridized carbons (Fsp3) is 0.188. The van der Waals surface area contributed by atoms with Crippen molar-refractivity contribution < 1.29 is 4.79 Å². The molecule has 2 aromatic rings. The topological polar surface area (TPSA) is 17.1 Å². The predicted molar refractivity (Wildman–Crippen MR) is 83.1 cm³/mol. The highest BCUT2D eigenvalue weighted by Crippen LogP contribution is 2.51. The van der Waals surface area contributed by atoms with Crippen molar-refractivity contribution in [2.24, 2.45) is 5.92 Å². The van der Waals surface area contributed by atoms with E-state index in [4.69, 9.17) is 34.8 Å². The monoisotopic (exact) mass is 324 g/mol. The van der Waals surface area contributed by atoms with Crippen LogP contribution in [0.1, 0.15) is 28.3 Å². The maximum absolute atomic E-state index is 12.4. The number of Topliss-reactive ketones (excluding diaryl/α,β-unsaturated/α-hetero) is 1. The first-order valence-corrected chi connectivity index (χ1v) is 7.44. The Labute approximate surface area is 132 Å². The molecule has 0 amide bonds. The maximum atomic E-state index is 12.4. The summed E-state index contributed by atoms with van der Waals surface area (Å²) in [6.45, 7) is 0. The van der Waals surface area contributed by atoms with E-state index in [0.29, 0.717) is 20.6 Å². The summed E-state index contributed by atoms with van der Waals surface area (Å²) in [5.41, 5.74) is 1.70. The number of halogens is 3. The molecule has 2 aromatic carbocycles. The van der Waals surface area contributed by atoms with Crippen LogP contribution >= 0.6 is 34.8 Å². The number of hydrogen-bond donors (Lipinski definition) is 0. The molecule has 0 unspecified atom stereocenters. The Bertz CT molecular complexity index is 664. The van der Waals surface area contributed by atoms with E-state index < -0.39 is 0 Å². The molecule has 102 valence electrons. The highest BCUT2D eigenvalue weighted by Gasteiger charge is 2.44. The molecule has 0 aromatic heterocycles. The van der Waals surface area contributed by atoms with Crippen molar-refractivity contribution in [1.29, 1.82) is 0 Å². The normalized spacial score (nSPS) is 20.8. The number of carbonyl (C=O) groups excluding carboxylic acids is 1. The van der Waals surface area contributed by atoms with Gasteiger partial charge in [0.25, 0.3) is 0 Å². The van der Waals surface area contributed by atoms with E-state index in [1.54, 1.807) is 30.3 Å². The Morgan fingerprint density at radius 1 is 0.950 bits per heavy atom. The average molecular weight is 326 g/mol. The summed E-state index contributed by atoms with van der Waals surface area (Å²) in [7, 11) is 0. The van der Waals surface area contributed by atoms with Gasteiger partial charge in [0.2, 0.25) is 0 Å². The molecule has 0 aliphatic heterocycles. The van der Waals surface area contributed by atoms with Crippen molar-refractivity contribution in [3.05, 3.63) is 68.7 Å². The molecule has 3 rings (SSSR count). The first-order chi connectivity index (χ1) is 9.56. The summed E-state index contributed by atoms with van der Waals surface area (Å²) in [5, 5.41) is 1.88. The second kappa shape index (κ2) is 5.40. The highest BCUT2D eigenvalue weighted by molar-refractivity contribution is 6.35. The lowest BCUT2D eigenvalue weighted by atomic mass is 10.0. The van der Waals surface area contributed by atoms with E-state index in [0.717, 1.165) is 12.0 Å². The van der Waals surface area contributed by atoms with E-state index in [1.165, 1.54) is 0 Å². The van der Waals surface area contributed by atoms with Crippen molar-refractivity contribution >= 4 is 40.6 Å². The lowest BCUT2D eigenvalue weighted by Gasteiger charge is -2.04. The molecule has 1 nitrogen and oxygen atoms in total. The standard InChI is InChI=1S/C16H11Cl3O/c17-10-3-1-9(2-4-10)16(20)14-8-13(14)12-6-5-11(18)7-15(12)19/h1-7,13-14H,8H2/t13-,14-/m1/s1. The maximum Gasteiger partial charge on any atom is 0.166 e. The van der Waals surface area contributed by atoms with Gasteiger partial charge in [-0.15, -0.1) is 0 Å². The van der Waals surface area contributed by atoms with Crippen LogP contribution in [0.4, 0.5) is 0 Å². The van der Waals surface area contributed by atoms with E-state index in [1.807, 2.05) is 12.1 Å². The Hall–Kier alpha value is -1.02. The van der Waals surface area contributed by atoms with Crippen LogP contribution in [0.3, 0.4) is 0 Å². The SMILES string of the molecule is O=C(c1ccc(Cl)cc1)[C@@H]1C[C@@H]1c1ccc(Cl)cc1Cl. The number of benzene rings is 2. The summed E-state index contributed by atoms with van der Waals surface area (Å²) in [5.74, 6) is 0.357. The van der Waals surface area contributed by atoms with Gasteiger partial charge in [-0.3, -0.25) is 4.79 Å². The highest BCUT2D eigenvalue weighted by atomic mass is 35.5. The van der Waals surface area contributed by atoms with Crippen LogP contribution in [0.25, 0.3) is 0 Å². The van der Waals surface area contributed by atoms with Crippen molar-refractivity contribution in [3.63, 3.8) is 0 Å². The molecular weight excluding hydrogens is 315 g/mol. The summed E-state index contributed by atoms with van der Waals surface area (Å²) >= 11 is 17.9. The molecule has 1 fully saturated rings. The summed E-state index contributed by atoms with van der Waals surface area (Å²) < 4.78 is 0. The fourth-order valence-corrected chi connectivity index (χ4v) is 3.13. The van der Waals surface area contributed by atoms with E-state index in [9.17, 15) is 4.79 Å². The molecule has 0 saturated heterocycles. The van der Waals surface area contributed by atoms with E-state index in [2.05, 4.69) is 0 Å². The summed E-state index contributed by atoms with van der Waals surface area (Å²) in [6.07, 6.45) is 0.836. The first-order valence-electron chi connectivity index (χ1n) is 6.31. The quantitative estimate of drug-likeness (QED) is 0.668. The lowest BCUT2D eigenvalue weighted by molar-refractivity contribution is 0.0965. The summed E-state index contributed by atoms with van der Waals surface area (Å²) in [6, 6.07) is 12.5. The molecule has 1 aliphatic rings. The Morgan fingerprint density at radius 2 is 1.60 bits per heavy atom. The van der Waals surface area contributed by atoms with Gasteiger partial charge in [-0.1, -0.05) is 40.9 Å². The Morgan fingerprint density at radius 3 is 2.25 bits per heavy atom. The molecule has 1 saturated carbocycles. The van der Waals surface area contributed by atoms with Crippen LogP contribution in [0, 0.1) is 5.92 Å². The van der Waals surface area contributed by atoms with E-state index >= 15 is 0 Å². The van der Waals surface area contributed by atoms with Gasteiger partial charge < -0.3 is 0 Å². The van der Waals surface area contributed by atoms with Crippen LogP contribution < -0.4 is 0 Å². The number of rotatable bonds is 3. The minimum absolute atomic E-state index is 0.00912. The number of ketones is 1. The van der Waals surface area contributed by atoms with Gasteiger partial charge in [-0.25, -0.2) is 0 Å². The van der Waals surface area contributed by atoms with Gasteiger partial charge in [-0.2, -0.15) is 0 Å². The third-order valence-corrected chi connectivity index (χ3v) is 4.43.